The molecule has 1 saturated heterocycles. The summed E-state index contributed by atoms with van der Waals surface area (Å²) in [6, 6.07) is 0. The van der Waals surface area contributed by atoms with Crippen LogP contribution in [0.4, 0.5) is 0 Å². The summed E-state index contributed by atoms with van der Waals surface area (Å²) in [5.74, 6) is -4.31. The van der Waals surface area contributed by atoms with Gasteiger partial charge >= 0.3 is 23.9 Å². The van der Waals surface area contributed by atoms with E-state index >= 15 is 0 Å². The Bertz CT molecular complexity index is 249. The minimum absolute atomic E-state index is 0.296. The van der Waals surface area contributed by atoms with Crippen LogP contribution in [0.1, 0.15) is 25.7 Å². The Labute approximate surface area is 108 Å². The summed E-state index contributed by atoms with van der Waals surface area (Å²) in [6.07, 6.45) is -1.19. The lowest BCUT2D eigenvalue weighted by atomic mass is 10.3. The van der Waals surface area contributed by atoms with Crippen LogP contribution in [0, 0.1) is 0 Å². The second-order valence-corrected chi connectivity index (χ2v) is 3.19. The molecule has 9 heteroatoms. The number of epoxide rings is 1. The quantitative estimate of drug-likeness (QED) is 0.486. The van der Waals surface area contributed by atoms with Crippen LogP contribution in [0.2, 0.25) is 0 Å². The molecule has 110 valence electrons. The molecule has 1 aliphatic heterocycles. The second-order valence-electron chi connectivity index (χ2n) is 3.19. The maximum atomic E-state index is 9.64. The van der Waals surface area contributed by atoms with Crippen molar-refractivity contribution in [2.75, 3.05) is 13.2 Å². The van der Waals surface area contributed by atoms with Gasteiger partial charge in [-0.25, -0.2) is 0 Å². The van der Waals surface area contributed by atoms with E-state index in [1.54, 1.807) is 0 Å². The molecule has 0 aromatic carbocycles. The van der Waals surface area contributed by atoms with Crippen molar-refractivity contribution in [3.8, 4) is 0 Å². The van der Waals surface area contributed by atoms with Gasteiger partial charge in [0.1, 0.15) is 0 Å². The van der Waals surface area contributed by atoms with E-state index in [1.807, 2.05) is 0 Å². The molecule has 0 atom stereocenters. The third kappa shape index (κ3) is 38.8. The molecule has 0 unspecified atom stereocenters. The average Bonchev–Trinajstić information content (AvgIpc) is 3.12. The standard InChI is InChI=1S/2C4H6O4.C2H4O/c2*5-3(6)1-2-4(7)8;1-2-3-1/h2*1-2H2,(H,5,6)(H,7,8);1-2H2. The first kappa shape index (κ1) is 19.2. The molecule has 0 spiro atoms. The van der Waals surface area contributed by atoms with Gasteiger partial charge in [0.05, 0.1) is 38.9 Å². The third-order valence-electron chi connectivity index (χ3n) is 1.31. The van der Waals surface area contributed by atoms with E-state index in [9.17, 15) is 19.2 Å². The summed E-state index contributed by atoms with van der Waals surface area (Å²) >= 11 is 0. The minimum Gasteiger partial charge on any atom is -0.481 e. The topological polar surface area (TPSA) is 162 Å². The summed E-state index contributed by atoms with van der Waals surface area (Å²) in [5, 5.41) is 31.6. The zero-order chi connectivity index (χ0) is 15.3. The first-order chi connectivity index (χ1) is 8.75. The van der Waals surface area contributed by atoms with Gasteiger partial charge in [-0.3, -0.25) is 19.2 Å². The zero-order valence-corrected chi connectivity index (χ0v) is 10.1. The predicted octanol–water partition coefficient (Wildman–Crippen LogP) is -0.112. The zero-order valence-electron chi connectivity index (χ0n) is 10.1. The highest BCUT2D eigenvalue weighted by Crippen LogP contribution is 1.86. The van der Waals surface area contributed by atoms with Crippen molar-refractivity contribution in [2.45, 2.75) is 25.7 Å². The highest BCUT2D eigenvalue weighted by atomic mass is 16.6. The second kappa shape index (κ2) is 12.3. The first-order valence-electron chi connectivity index (χ1n) is 5.20. The van der Waals surface area contributed by atoms with E-state index in [0.717, 1.165) is 13.2 Å². The van der Waals surface area contributed by atoms with Gasteiger partial charge < -0.3 is 25.2 Å². The molecular formula is C10H16O9. The van der Waals surface area contributed by atoms with E-state index in [-0.39, 0.29) is 25.7 Å². The molecular weight excluding hydrogens is 264 g/mol. The fraction of sp³-hybridized carbons (Fsp3) is 0.600. The number of carboxylic acids is 4. The lowest BCUT2D eigenvalue weighted by molar-refractivity contribution is -0.143. The van der Waals surface area contributed by atoms with E-state index in [4.69, 9.17) is 20.4 Å². The Balaban J connectivity index is 0. The summed E-state index contributed by atoms with van der Waals surface area (Å²) in [4.78, 5) is 38.6. The highest BCUT2D eigenvalue weighted by Gasteiger charge is 2.01. The van der Waals surface area contributed by atoms with Gasteiger partial charge in [0, 0.05) is 0 Å². The van der Waals surface area contributed by atoms with Gasteiger partial charge in [-0.05, 0) is 0 Å². The van der Waals surface area contributed by atoms with Crippen molar-refractivity contribution < 1.29 is 44.3 Å². The van der Waals surface area contributed by atoms with Gasteiger partial charge in [0.15, 0.2) is 0 Å². The van der Waals surface area contributed by atoms with Gasteiger partial charge in [-0.2, -0.15) is 0 Å². The molecule has 0 radical (unpaired) electrons. The smallest absolute Gasteiger partial charge is 0.303 e. The first-order valence-corrected chi connectivity index (χ1v) is 5.20. The molecule has 0 amide bonds. The van der Waals surface area contributed by atoms with Gasteiger partial charge in [-0.1, -0.05) is 0 Å². The van der Waals surface area contributed by atoms with Crippen molar-refractivity contribution in [3.63, 3.8) is 0 Å². The maximum absolute atomic E-state index is 9.64. The monoisotopic (exact) mass is 280 g/mol. The summed E-state index contributed by atoms with van der Waals surface area (Å²) in [6.45, 7) is 2.00. The van der Waals surface area contributed by atoms with Crippen molar-refractivity contribution in [3.05, 3.63) is 0 Å². The molecule has 0 saturated carbocycles. The molecule has 1 rings (SSSR count). The van der Waals surface area contributed by atoms with Crippen LogP contribution in [0.25, 0.3) is 0 Å². The fourth-order valence-corrected chi connectivity index (χ4v) is 0.428. The normalized spacial score (nSPS) is 10.9. The van der Waals surface area contributed by atoms with Crippen LogP contribution in [0.15, 0.2) is 0 Å². The molecule has 4 N–H and O–H groups in total. The lowest BCUT2D eigenvalue weighted by Gasteiger charge is -1.85. The number of carbonyl (C=O) groups is 4. The summed E-state index contributed by atoms with van der Waals surface area (Å²) in [7, 11) is 0. The molecule has 0 aliphatic carbocycles. The third-order valence-corrected chi connectivity index (χ3v) is 1.31. The Kier molecular flexibility index (Phi) is 12.4. The van der Waals surface area contributed by atoms with Gasteiger partial charge in [-0.15, -0.1) is 0 Å². The largest absolute Gasteiger partial charge is 0.481 e. The Morgan fingerprint density at radius 3 is 0.842 bits per heavy atom. The summed E-state index contributed by atoms with van der Waals surface area (Å²) in [5.41, 5.74) is 0. The van der Waals surface area contributed by atoms with Crippen LogP contribution in [0.5, 0.6) is 0 Å². The number of aliphatic carboxylic acids is 4. The van der Waals surface area contributed by atoms with Crippen molar-refractivity contribution in [2.24, 2.45) is 0 Å². The number of carboxylic acid groups (broad SMARTS) is 4. The SMILES string of the molecule is C1CO1.O=C(O)CCC(=O)O.O=C(O)CCC(=O)O. The Morgan fingerprint density at radius 2 is 0.789 bits per heavy atom. The van der Waals surface area contributed by atoms with Crippen LogP contribution in [-0.2, 0) is 23.9 Å². The maximum Gasteiger partial charge on any atom is 0.303 e. The number of hydrogen-bond acceptors (Lipinski definition) is 5. The summed E-state index contributed by atoms with van der Waals surface area (Å²) < 4.78 is 4.50. The number of rotatable bonds is 6. The number of ether oxygens (including phenoxy) is 1. The molecule has 0 bridgehead atoms. The molecule has 0 aromatic rings. The average molecular weight is 280 g/mol. The van der Waals surface area contributed by atoms with E-state index in [1.165, 1.54) is 0 Å². The fourth-order valence-electron chi connectivity index (χ4n) is 0.428. The van der Waals surface area contributed by atoms with Crippen molar-refractivity contribution >= 4 is 23.9 Å². The van der Waals surface area contributed by atoms with E-state index in [2.05, 4.69) is 4.74 Å². The lowest BCUT2D eigenvalue weighted by Crippen LogP contribution is -2.00. The molecule has 1 aliphatic rings. The Morgan fingerprint density at radius 1 is 0.632 bits per heavy atom. The molecule has 9 nitrogen and oxygen atoms in total. The highest BCUT2D eigenvalue weighted by molar-refractivity contribution is 5.75. The molecule has 0 aromatic heterocycles. The number of hydrogen-bond donors (Lipinski definition) is 4. The van der Waals surface area contributed by atoms with Crippen LogP contribution in [0.3, 0.4) is 0 Å². The molecule has 1 fully saturated rings. The van der Waals surface area contributed by atoms with Gasteiger partial charge in [0.2, 0.25) is 0 Å². The molecule has 19 heavy (non-hydrogen) atoms. The Hall–Kier alpha value is -2.16. The van der Waals surface area contributed by atoms with Gasteiger partial charge in [0.25, 0.3) is 0 Å². The van der Waals surface area contributed by atoms with Crippen molar-refractivity contribution in [1.82, 2.24) is 0 Å². The predicted molar refractivity (Wildman–Crippen MR) is 59.8 cm³/mol. The van der Waals surface area contributed by atoms with Crippen molar-refractivity contribution in [1.29, 1.82) is 0 Å². The minimum atomic E-state index is -1.08. The van der Waals surface area contributed by atoms with Crippen LogP contribution < -0.4 is 0 Å². The van der Waals surface area contributed by atoms with E-state index in [0.29, 0.717) is 0 Å². The van der Waals surface area contributed by atoms with Crippen LogP contribution in [-0.4, -0.2) is 57.5 Å². The van der Waals surface area contributed by atoms with Crippen LogP contribution >= 0.6 is 0 Å². The molecule has 1 heterocycles. The van der Waals surface area contributed by atoms with E-state index < -0.39 is 23.9 Å².